The molecule has 0 aliphatic carbocycles. The van der Waals surface area contributed by atoms with Crippen molar-refractivity contribution in [2.45, 2.75) is 20.8 Å². The Kier molecular flexibility index (Phi) is 3.02. The number of nitrogens with two attached hydrogens (primary N) is 1. The first-order valence-electron chi connectivity index (χ1n) is 5.77. The van der Waals surface area contributed by atoms with Crippen LogP contribution in [0.5, 0.6) is 0 Å². The zero-order valence-electron chi connectivity index (χ0n) is 10.6. The van der Waals surface area contributed by atoms with Gasteiger partial charge >= 0.3 is 0 Å². The Hall–Kier alpha value is -1.62. The number of hydrogen-bond acceptors (Lipinski definition) is 4. The van der Waals surface area contributed by atoms with Gasteiger partial charge in [-0.15, -0.1) is 0 Å². The Labute approximate surface area is 101 Å². The van der Waals surface area contributed by atoms with E-state index in [0.29, 0.717) is 6.54 Å². The van der Waals surface area contributed by atoms with Gasteiger partial charge in [0.25, 0.3) is 0 Å². The first-order valence-corrected chi connectivity index (χ1v) is 5.77. The van der Waals surface area contributed by atoms with Gasteiger partial charge in [-0.1, -0.05) is 13.8 Å². The quantitative estimate of drug-likeness (QED) is 0.838. The van der Waals surface area contributed by atoms with E-state index in [0.717, 1.165) is 23.6 Å². The second kappa shape index (κ2) is 4.33. The molecule has 0 bridgehead atoms. The van der Waals surface area contributed by atoms with Gasteiger partial charge in [0.2, 0.25) is 0 Å². The average Bonchev–Trinajstić information content (AvgIpc) is 2.67. The lowest BCUT2D eigenvalue weighted by Crippen LogP contribution is -2.31. The minimum absolute atomic E-state index is 0.0591. The van der Waals surface area contributed by atoms with E-state index < -0.39 is 0 Å². The van der Waals surface area contributed by atoms with Gasteiger partial charge in [0.05, 0.1) is 5.69 Å². The van der Waals surface area contributed by atoms with E-state index in [-0.39, 0.29) is 5.41 Å². The van der Waals surface area contributed by atoms with Crippen molar-refractivity contribution in [1.82, 2.24) is 14.6 Å². The van der Waals surface area contributed by atoms with Crippen LogP contribution in [0.15, 0.2) is 18.5 Å². The number of fused-ring (bicyclic) bond motifs is 1. The van der Waals surface area contributed by atoms with Gasteiger partial charge in [-0.2, -0.15) is 5.10 Å². The number of anilines is 1. The van der Waals surface area contributed by atoms with E-state index in [1.807, 2.05) is 23.7 Å². The van der Waals surface area contributed by atoms with E-state index in [2.05, 4.69) is 29.2 Å². The molecule has 0 aliphatic rings. The Morgan fingerprint density at radius 2 is 2.24 bits per heavy atom. The molecule has 2 aromatic rings. The van der Waals surface area contributed by atoms with Gasteiger partial charge in [0, 0.05) is 18.9 Å². The fourth-order valence-corrected chi connectivity index (χ4v) is 1.58. The number of aromatic nitrogens is 3. The second-order valence-corrected chi connectivity index (χ2v) is 5.11. The molecule has 0 atom stereocenters. The minimum atomic E-state index is 0.0591. The lowest BCUT2D eigenvalue weighted by Gasteiger charge is -2.23. The maximum atomic E-state index is 5.71. The van der Waals surface area contributed by atoms with E-state index >= 15 is 0 Å². The summed E-state index contributed by atoms with van der Waals surface area (Å²) in [6, 6.07) is 2.02. The molecule has 5 nitrogen and oxygen atoms in total. The maximum Gasteiger partial charge on any atom is 0.152 e. The standard InChI is InChI=1S/C12H19N5/c1-9-6-10-11(14-4-5-17(10)16-9)15-8-12(2,3)7-13/h4-6H,7-8,13H2,1-3H3,(H,14,15). The van der Waals surface area contributed by atoms with Crippen molar-refractivity contribution >= 4 is 11.3 Å². The first kappa shape index (κ1) is 11.9. The Balaban J connectivity index is 2.24. The van der Waals surface area contributed by atoms with E-state index in [4.69, 9.17) is 5.73 Å². The number of aryl methyl sites for hydroxylation is 1. The predicted molar refractivity (Wildman–Crippen MR) is 69.0 cm³/mol. The van der Waals surface area contributed by atoms with Crippen molar-refractivity contribution in [2.24, 2.45) is 11.1 Å². The summed E-state index contributed by atoms with van der Waals surface area (Å²) < 4.78 is 1.83. The smallest absolute Gasteiger partial charge is 0.152 e. The highest BCUT2D eigenvalue weighted by atomic mass is 15.2. The summed E-state index contributed by atoms with van der Waals surface area (Å²) in [6.45, 7) is 7.66. The molecule has 2 rings (SSSR count). The summed E-state index contributed by atoms with van der Waals surface area (Å²) in [5.41, 5.74) is 7.75. The average molecular weight is 233 g/mol. The third kappa shape index (κ3) is 2.55. The summed E-state index contributed by atoms with van der Waals surface area (Å²) >= 11 is 0. The molecule has 0 radical (unpaired) electrons. The van der Waals surface area contributed by atoms with Crippen molar-refractivity contribution in [2.75, 3.05) is 18.4 Å². The highest BCUT2D eigenvalue weighted by Gasteiger charge is 2.16. The largest absolute Gasteiger partial charge is 0.368 e. The second-order valence-electron chi connectivity index (χ2n) is 5.11. The molecule has 0 fully saturated rings. The zero-order valence-corrected chi connectivity index (χ0v) is 10.6. The van der Waals surface area contributed by atoms with Crippen LogP contribution in [0.4, 0.5) is 5.82 Å². The Bertz CT molecular complexity index is 515. The zero-order chi connectivity index (χ0) is 12.5. The summed E-state index contributed by atoms with van der Waals surface area (Å²) in [5, 5.41) is 7.69. The highest BCUT2D eigenvalue weighted by molar-refractivity contribution is 5.67. The number of nitrogens with one attached hydrogen (secondary N) is 1. The van der Waals surface area contributed by atoms with Crippen molar-refractivity contribution in [1.29, 1.82) is 0 Å². The Morgan fingerprint density at radius 3 is 2.94 bits per heavy atom. The normalized spacial score (nSPS) is 12.0. The molecule has 0 aliphatic heterocycles. The van der Waals surface area contributed by atoms with Gasteiger partial charge in [-0.3, -0.25) is 0 Å². The van der Waals surface area contributed by atoms with Crippen molar-refractivity contribution < 1.29 is 0 Å². The van der Waals surface area contributed by atoms with Crippen LogP contribution in [0, 0.1) is 12.3 Å². The molecule has 0 spiro atoms. The van der Waals surface area contributed by atoms with Crippen molar-refractivity contribution in [3.05, 3.63) is 24.2 Å². The summed E-state index contributed by atoms with van der Waals surface area (Å²) in [6.07, 6.45) is 3.60. The monoisotopic (exact) mass is 233 g/mol. The predicted octanol–water partition coefficient (Wildman–Crippen LogP) is 1.43. The number of hydrogen-bond donors (Lipinski definition) is 2. The van der Waals surface area contributed by atoms with Crippen LogP contribution in [0.1, 0.15) is 19.5 Å². The fourth-order valence-electron chi connectivity index (χ4n) is 1.58. The van der Waals surface area contributed by atoms with Crippen molar-refractivity contribution in [3.63, 3.8) is 0 Å². The van der Waals surface area contributed by atoms with E-state index in [1.165, 1.54) is 0 Å². The lowest BCUT2D eigenvalue weighted by molar-refractivity contribution is 0.405. The summed E-state index contributed by atoms with van der Waals surface area (Å²) in [5.74, 6) is 0.856. The molecule has 0 unspecified atom stereocenters. The van der Waals surface area contributed by atoms with Gasteiger partial charge in [-0.05, 0) is 24.9 Å². The molecule has 0 saturated carbocycles. The van der Waals surface area contributed by atoms with Gasteiger partial charge in [-0.25, -0.2) is 9.50 Å². The molecule has 3 N–H and O–H groups in total. The van der Waals surface area contributed by atoms with Crippen molar-refractivity contribution in [3.8, 4) is 0 Å². The Morgan fingerprint density at radius 1 is 1.47 bits per heavy atom. The van der Waals surface area contributed by atoms with E-state index in [9.17, 15) is 0 Å². The molecule has 92 valence electrons. The van der Waals surface area contributed by atoms with Crippen LogP contribution >= 0.6 is 0 Å². The minimum Gasteiger partial charge on any atom is -0.368 e. The molecule has 0 amide bonds. The number of rotatable bonds is 4. The third-order valence-corrected chi connectivity index (χ3v) is 2.80. The summed E-state index contributed by atoms with van der Waals surface area (Å²) in [7, 11) is 0. The summed E-state index contributed by atoms with van der Waals surface area (Å²) in [4.78, 5) is 4.34. The third-order valence-electron chi connectivity index (χ3n) is 2.80. The van der Waals surface area contributed by atoms with Crippen LogP contribution in [-0.4, -0.2) is 27.7 Å². The molecular formula is C12H19N5. The van der Waals surface area contributed by atoms with Gasteiger partial charge < -0.3 is 11.1 Å². The van der Waals surface area contributed by atoms with Crippen LogP contribution in [0.3, 0.4) is 0 Å². The van der Waals surface area contributed by atoms with Crippen LogP contribution in [0.25, 0.3) is 5.52 Å². The molecule has 17 heavy (non-hydrogen) atoms. The molecule has 0 aromatic carbocycles. The van der Waals surface area contributed by atoms with E-state index in [1.54, 1.807) is 6.20 Å². The fraction of sp³-hybridized carbons (Fsp3) is 0.500. The van der Waals surface area contributed by atoms with Crippen LogP contribution < -0.4 is 11.1 Å². The molecule has 0 saturated heterocycles. The van der Waals surface area contributed by atoms with Crippen LogP contribution in [0.2, 0.25) is 0 Å². The van der Waals surface area contributed by atoms with Gasteiger partial charge in [0.1, 0.15) is 5.52 Å². The lowest BCUT2D eigenvalue weighted by atomic mass is 9.94. The van der Waals surface area contributed by atoms with Crippen LogP contribution in [-0.2, 0) is 0 Å². The molecule has 2 heterocycles. The molecular weight excluding hydrogens is 214 g/mol. The van der Waals surface area contributed by atoms with Gasteiger partial charge in [0.15, 0.2) is 5.82 Å². The highest BCUT2D eigenvalue weighted by Crippen LogP contribution is 2.18. The SMILES string of the molecule is Cc1cc2c(NCC(C)(C)CN)nccn2n1. The molecule has 2 aromatic heterocycles. The topological polar surface area (TPSA) is 68.2 Å². The molecule has 5 heteroatoms. The first-order chi connectivity index (χ1) is 8.02. The number of nitrogens with zero attached hydrogens (tertiary/aromatic N) is 3. The maximum absolute atomic E-state index is 5.71.